The van der Waals surface area contributed by atoms with Gasteiger partial charge in [-0.1, -0.05) is 39.3 Å². The number of nitrogens with one attached hydrogen (secondary N) is 1. The molecule has 0 bridgehead atoms. The second kappa shape index (κ2) is 4.26. The Hall–Kier alpha value is -1.51. The van der Waals surface area contributed by atoms with Crippen LogP contribution >= 0.6 is 0 Å². The fourth-order valence-electron chi connectivity index (χ4n) is 3.04. The van der Waals surface area contributed by atoms with E-state index >= 15 is 0 Å². The number of anilines is 1. The van der Waals surface area contributed by atoms with E-state index in [-0.39, 0.29) is 0 Å². The van der Waals surface area contributed by atoms with Gasteiger partial charge in [0, 0.05) is 12.2 Å². The number of carboxylic acids is 1. The van der Waals surface area contributed by atoms with Gasteiger partial charge >= 0.3 is 5.97 Å². The molecule has 1 aliphatic rings. The van der Waals surface area contributed by atoms with Gasteiger partial charge in [-0.2, -0.15) is 0 Å². The van der Waals surface area contributed by atoms with E-state index in [0.717, 1.165) is 17.8 Å². The third-order valence-corrected chi connectivity index (χ3v) is 5.22. The topological polar surface area (TPSA) is 49.3 Å². The van der Waals surface area contributed by atoms with Crippen LogP contribution in [-0.2, 0) is 0 Å². The van der Waals surface area contributed by atoms with Crippen LogP contribution in [0, 0.1) is 23.7 Å². The van der Waals surface area contributed by atoms with Gasteiger partial charge in [0.2, 0.25) is 0 Å². The number of aromatic carboxylic acids is 1. The Morgan fingerprint density at radius 1 is 1.26 bits per heavy atom. The molecule has 0 aliphatic heterocycles. The molecule has 0 aromatic heterocycles. The molecule has 1 fully saturated rings. The van der Waals surface area contributed by atoms with Gasteiger partial charge in [0.25, 0.3) is 0 Å². The van der Waals surface area contributed by atoms with Crippen molar-refractivity contribution < 1.29 is 9.90 Å². The van der Waals surface area contributed by atoms with Crippen LogP contribution in [-0.4, -0.2) is 17.6 Å². The van der Waals surface area contributed by atoms with Crippen LogP contribution in [0.15, 0.2) is 18.2 Å². The molecular formula is C16H23NO2. The maximum absolute atomic E-state index is 11.2. The minimum absolute atomic E-state index is 0.314. The van der Waals surface area contributed by atoms with Crippen LogP contribution in [0.4, 0.5) is 5.69 Å². The number of benzene rings is 1. The van der Waals surface area contributed by atoms with E-state index in [1.807, 2.05) is 19.1 Å². The number of carbonyl (C=O) groups is 1. The molecule has 0 spiro atoms. The summed E-state index contributed by atoms with van der Waals surface area (Å²) in [5.74, 6) is -0.302. The lowest BCUT2D eigenvalue weighted by molar-refractivity contribution is 0.0698. The molecule has 2 rings (SSSR count). The smallest absolute Gasteiger partial charge is 0.337 e. The summed E-state index contributed by atoms with van der Waals surface area (Å²) in [6.07, 6.45) is 0. The summed E-state index contributed by atoms with van der Waals surface area (Å²) in [6, 6.07) is 5.52. The first-order valence-corrected chi connectivity index (χ1v) is 6.75. The molecule has 19 heavy (non-hydrogen) atoms. The lowest BCUT2D eigenvalue weighted by atomic mass is 10.0. The molecule has 1 aliphatic carbocycles. The molecule has 0 unspecified atom stereocenters. The highest BCUT2D eigenvalue weighted by molar-refractivity contribution is 5.94. The highest BCUT2D eigenvalue weighted by atomic mass is 16.4. The van der Waals surface area contributed by atoms with Gasteiger partial charge in [-0.15, -0.1) is 0 Å². The average molecular weight is 261 g/mol. The minimum Gasteiger partial charge on any atom is -0.478 e. The molecule has 3 nitrogen and oxygen atoms in total. The monoisotopic (exact) mass is 261 g/mol. The SMILES string of the molecule is Cc1ccc(NCC2C(C)(C)C2(C)C)c(C(=O)O)c1. The van der Waals surface area contributed by atoms with Crippen LogP contribution in [0.1, 0.15) is 43.6 Å². The summed E-state index contributed by atoms with van der Waals surface area (Å²) in [6.45, 7) is 11.8. The van der Waals surface area contributed by atoms with Crippen molar-refractivity contribution in [2.75, 3.05) is 11.9 Å². The van der Waals surface area contributed by atoms with Gasteiger partial charge in [-0.05, 0) is 35.8 Å². The molecule has 2 N–H and O–H groups in total. The quantitative estimate of drug-likeness (QED) is 0.867. The largest absolute Gasteiger partial charge is 0.478 e. The number of aryl methyl sites for hydroxylation is 1. The highest BCUT2D eigenvalue weighted by Crippen LogP contribution is 2.68. The first kappa shape index (κ1) is 13.9. The van der Waals surface area contributed by atoms with Crippen molar-refractivity contribution in [2.24, 2.45) is 16.7 Å². The van der Waals surface area contributed by atoms with Gasteiger partial charge < -0.3 is 10.4 Å². The van der Waals surface area contributed by atoms with E-state index in [4.69, 9.17) is 0 Å². The maximum atomic E-state index is 11.2. The second-order valence-electron chi connectivity index (χ2n) is 6.73. The fourth-order valence-corrected chi connectivity index (χ4v) is 3.04. The molecule has 0 radical (unpaired) electrons. The van der Waals surface area contributed by atoms with Crippen LogP contribution in [0.25, 0.3) is 0 Å². The van der Waals surface area contributed by atoms with Gasteiger partial charge in [0.1, 0.15) is 0 Å². The minimum atomic E-state index is -0.875. The number of carboxylic acid groups (broad SMARTS) is 1. The zero-order valence-corrected chi connectivity index (χ0v) is 12.4. The normalized spacial score (nSPS) is 20.1. The van der Waals surface area contributed by atoms with E-state index in [1.165, 1.54) is 0 Å². The summed E-state index contributed by atoms with van der Waals surface area (Å²) in [5.41, 5.74) is 2.67. The summed E-state index contributed by atoms with van der Waals surface area (Å²) in [5, 5.41) is 12.6. The zero-order valence-electron chi connectivity index (χ0n) is 12.4. The lowest BCUT2D eigenvalue weighted by Gasteiger charge is -2.11. The molecule has 1 aromatic rings. The standard InChI is InChI=1S/C16H23NO2/c1-10-6-7-12(11(8-10)14(18)19)17-9-13-15(2,3)16(13,4)5/h6-8,13,17H,9H2,1-5H3,(H,18,19). The van der Waals surface area contributed by atoms with Crippen molar-refractivity contribution in [3.8, 4) is 0 Å². The van der Waals surface area contributed by atoms with Crippen LogP contribution in [0.5, 0.6) is 0 Å². The Kier molecular flexibility index (Phi) is 3.12. The Labute approximate surface area is 115 Å². The number of hydrogen-bond acceptors (Lipinski definition) is 2. The molecule has 0 amide bonds. The Morgan fingerprint density at radius 3 is 2.32 bits per heavy atom. The maximum Gasteiger partial charge on any atom is 0.337 e. The molecule has 1 saturated carbocycles. The average Bonchev–Trinajstić information content (AvgIpc) is 2.68. The Bertz CT molecular complexity index is 503. The van der Waals surface area contributed by atoms with Gasteiger partial charge in [-0.25, -0.2) is 4.79 Å². The molecule has 0 saturated heterocycles. The Balaban J connectivity index is 2.11. The molecule has 0 heterocycles. The molecule has 3 heteroatoms. The van der Waals surface area contributed by atoms with Gasteiger partial charge in [0.05, 0.1) is 5.56 Å². The van der Waals surface area contributed by atoms with E-state index < -0.39 is 5.97 Å². The van der Waals surface area contributed by atoms with Gasteiger partial charge in [0.15, 0.2) is 0 Å². The third kappa shape index (κ3) is 2.22. The lowest BCUT2D eigenvalue weighted by Crippen LogP contribution is -2.11. The summed E-state index contributed by atoms with van der Waals surface area (Å²) < 4.78 is 0. The predicted molar refractivity (Wildman–Crippen MR) is 77.7 cm³/mol. The predicted octanol–water partition coefficient (Wildman–Crippen LogP) is 3.79. The van der Waals surface area contributed by atoms with Crippen LogP contribution in [0.2, 0.25) is 0 Å². The number of rotatable bonds is 4. The zero-order chi connectivity index (χ0) is 14.4. The molecular weight excluding hydrogens is 238 g/mol. The van der Waals surface area contributed by atoms with Crippen molar-refractivity contribution in [2.45, 2.75) is 34.6 Å². The van der Waals surface area contributed by atoms with Crippen molar-refractivity contribution in [3.05, 3.63) is 29.3 Å². The van der Waals surface area contributed by atoms with Crippen molar-refractivity contribution >= 4 is 11.7 Å². The second-order valence-corrected chi connectivity index (χ2v) is 6.73. The van der Waals surface area contributed by atoms with E-state index in [1.54, 1.807) is 6.07 Å². The van der Waals surface area contributed by atoms with Crippen LogP contribution in [0.3, 0.4) is 0 Å². The number of hydrogen-bond donors (Lipinski definition) is 2. The van der Waals surface area contributed by atoms with E-state index in [9.17, 15) is 9.90 Å². The van der Waals surface area contributed by atoms with Crippen molar-refractivity contribution in [1.29, 1.82) is 0 Å². The van der Waals surface area contributed by atoms with E-state index in [0.29, 0.717) is 22.3 Å². The molecule has 104 valence electrons. The molecule has 1 aromatic carbocycles. The summed E-state index contributed by atoms with van der Waals surface area (Å²) >= 11 is 0. The van der Waals surface area contributed by atoms with Crippen molar-refractivity contribution in [3.63, 3.8) is 0 Å². The first-order chi connectivity index (χ1) is 8.68. The third-order valence-electron chi connectivity index (χ3n) is 5.22. The van der Waals surface area contributed by atoms with Gasteiger partial charge in [-0.3, -0.25) is 0 Å². The fraction of sp³-hybridized carbons (Fsp3) is 0.562. The van der Waals surface area contributed by atoms with Crippen LogP contribution < -0.4 is 5.32 Å². The highest BCUT2D eigenvalue weighted by Gasteiger charge is 2.64. The molecule has 0 atom stereocenters. The first-order valence-electron chi connectivity index (χ1n) is 6.75. The van der Waals surface area contributed by atoms with Crippen molar-refractivity contribution in [1.82, 2.24) is 0 Å². The van der Waals surface area contributed by atoms with E-state index in [2.05, 4.69) is 33.0 Å². The Morgan fingerprint density at radius 2 is 1.84 bits per heavy atom. The summed E-state index contributed by atoms with van der Waals surface area (Å²) in [7, 11) is 0. The summed E-state index contributed by atoms with van der Waals surface area (Å²) in [4.78, 5) is 11.2.